The summed E-state index contributed by atoms with van der Waals surface area (Å²) in [7, 11) is 0. The van der Waals surface area contributed by atoms with E-state index in [-0.39, 0.29) is 12.0 Å². The van der Waals surface area contributed by atoms with E-state index in [2.05, 4.69) is 48.9 Å². The maximum absolute atomic E-state index is 13.3. The third-order valence-corrected chi connectivity index (χ3v) is 6.20. The minimum Gasteiger partial charge on any atom is -0.356 e. The van der Waals surface area contributed by atoms with Gasteiger partial charge in [0.05, 0.1) is 6.04 Å². The summed E-state index contributed by atoms with van der Waals surface area (Å²) >= 11 is 0. The zero-order valence-corrected chi connectivity index (χ0v) is 15.8. The molecule has 1 amide bonds. The van der Waals surface area contributed by atoms with Gasteiger partial charge >= 0.3 is 0 Å². The number of aromatic amines is 1. The van der Waals surface area contributed by atoms with Gasteiger partial charge in [-0.2, -0.15) is 0 Å². The van der Waals surface area contributed by atoms with E-state index in [1.165, 1.54) is 47.0 Å². The first-order chi connectivity index (χ1) is 12.1. The minimum atomic E-state index is 0.186. The molecular formula is C22H30N2O. The Bertz CT molecular complexity index is 783. The van der Waals surface area contributed by atoms with Gasteiger partial charge < -0.3 is 9.88 Å². The molecule has 1 N–H and O–H groups in total. The fourth-order valence-electron chi connectivity index (χ4n) is 4.96. The molecular weight excluding hydrogens is 308 g/mol. The highest BCUT2D eigenvalue weighted by Gasteiger charge is 2.37. The SMILES string of the molecule is Cc1ccc2c3c([nH]c2c1)C(C(C)C)N(C(=O)C1CCCCC1)CC3. The lowest BCUT2D eigenvalue weighted by Gasteiger charge is -2.40. The van der Waals surface area contributed by atoms with Crippen LogP contribution in [0.3, 0.4) is 0 Å². The quantitative estimate of drug-likeness (QED) is 0.809. The van der Waals surface area contributed by atoms with Crippen molar-refractivity contribution in [2.45, 2.75) is 65.3 Å². The number of hydrogen-bond acceptors (Lipinski definition) is 1. The maximum atomic E-state index is 13.3. The van der Waals surface area contributed by atoms with Crippen molar-refractivity contribution in [2.75, 3.05) is 6.54 Å². The lowest BCUT2D eigenvalue weighted by atomic mass is 9.85. The Morgan fingerprint density at radius 1 is 1.20 bits per heavy atom. The second-order valence-corrected chi connectivity index (χ2v) is 8.37. The highest BCUT2D eigenvalue weighted by Crippen LogP contribution is 2.40. The zero-order valence-electron chi connectivity index (χ0n) is 15.8. The van der Waals surface area contributed by atoms with Gasteiger partial charge in [-0.15, -0.1) is 0 Å². The van der Waals surface area contributed by atoms with E-state index < -0.39 is 0 Å². The Morgan fingerprint density at radius 2 is 1.96 bits per heavy atom. The largest absolute Gasteiger partial charge is 0.356 e. The summed E-state index contributed by atoms with van der Waals surface area (Å²) in [5.74, 6) is 1.07. The summed E-state index contributed by atoms with van der Waals surface area (Å²) in [6, 6.07) is 6.86. The molecule has 2 aromatic rings. The number of fused-ring (bicyclic) bond motifs is 3. The maximum Gasteiger partial charge on any atom is 0.226 e. The van der Waals surface area contributed by atoms with Crippen molar-refractivity contribution in [1.29, 1.82) is 0 Å². The van der Waals surface area contributed by atoms with Crippen molar-refractivity contribution >= 4 is 16.8 Å². The van der Waals surface area contributed by atoms with E-state index in [9.17, 15) is 4.79 Å². The van der Waals surface area contributed by atoms with Crippen LogP contribution in [0.1, 0.15) is 68.8 Å². The second kappa shape index (κ2) is 6.51. The van der Waals surface area contributed by atoms with Crippen molar-refractivity contribution < 1.29 is 4.79 Å². The van der Waals surface area contributed by atoms with E-state index in [4.69, 9.17) is 0 Å². The van der Waals surface area contributed by atoms with Crippen molar-refractivity contribution in [3.8, 4) is 0 Å². The minimum absolute atomic E-state index is 0.186. The smallest absolute Gasteiger partial charge is 0.226 e. The molecule has 4 rings (SSSR count). The number of aryl methyl sites for hydroxylation is 1. The molecule has 0 bridgehead atoms. The number of aromatic nitrogens is 1. The average Bonchev–Trinajstić information content (AvgIpc) is 2.98. The van der Waals surface area contributed by atoms with Crippen LogP contribution in [-0.2, 0) is 11.2 Å². The lowest BCUT2D eigenvalue weighted by molar-refractivity contribution is -0.140. The number of hydrogen-bond donors (Lipinski definition) is 1. The van der Waals surface area contributed by atoms with Gasteiger partial charge in [-0.1, -0.05) is 45.2 Å². The molecule has 1 aromatic carbocycles. The number of H-pyrrole nitrogens is 1. The van der Waals surface area contributed by atoms with E-state index in [0.717, 1.165) is 25.8 Å². The summed E-state index contributed by atoms with van der Waals surface area (Å²) < 4.78 is 0. The molecule has 3 nitrogen and oxygen atoms in total. The normalized spacial score (nSPS) is 21.8. The Morgan fingerprint density at radius 3 is 2.68 bits per heavy atom. The number of rotatable bonds is 2. The van der Waals surface area contributed by atoms with E-state index in [0.29, 0.717) is 11.8 Å². The topological polar surface area (TPSA) is 36.1 Å². The van der Waals surface area contributed by atoms with Gasteiger partial charge in [0.15, 0.2) is 0 Å². The first-order valence-corrected chi connectivity index (χ1v) is 9.98. The highest BCUT2D eigenvalue weighted by molar-refractivity contribution is 5.87. The summed E-state index contributed by atoms with van der Waals surface area (Å²) in [4.78, 5) is 19.1. The second-order valence-electron chi connectivity index (χ2n) is 8.37. The predicted molar refractivity (Wildman–Crippen MR) is 103 cm³/mol. The van der Waals surface area contributed by atoms with Crippen LogP contribution in [0, 0.1) is 18.8 Å². The van der Waals surface area contributed by atoms with Crippen molar-refractivity contribution in [1.82, 2.24) is 9.88 Å². The molecule has 3 heteroatoms. The molecule has 1 unspecified atom stereocenters. The first kappa shape index (κ1) is 16.7. The fraction of sp³-hybridized carbons (Fsp3) is 0.591. The molecule has 1 aliphatic carbocycles. The van der Waals surface area contributed by atoms with Crippen LogP contribution in [0.4, 0.5) is 0 Å². The molecule has 1 aliphatic heterocycles. The standard InChI is InChI=1S/C22H30N2O/c1-14(2)21-20-18(17-10-9-15(3)13-19(17)23-20)11-12-24(21)22(25)16-7-5-4-6-8-16/h9-10,13-14,16,21,23H,4-8,11-12H2,1-3H3. The average molecular weight is 338 g/mol. The number of amides is 1. The van der Waals surface area contributed by atoms with Gasteiger partial charge in [-0.25, -0.2) is 0 Å². The van der Waals surface area contributed by atoms with Crippen LogP contribution in [-0.4, -0.2) is 22.3 Å². The molecule has 1 aromatic heterocycles. The Kier molecular flexibility index (Phi) is 4.35. The van der Waals surface area contributed by atoms with Crippen molar-refractivity contribution in [3.05, 3.63) is 35.0 Å². The molecule has 2 aliphatic rings. The summed E-state index contributed by atoms with van der Waals surface area (Å²) in [6.07, 6.45) is 6.86. The summed E-state index contributed by atoms with van der Waals surface area (Å²) in [5, 5.41) is 1.34. The van der Waals surface area contributed by atoms with Crippen molar-refractivity contribution in [2.24, 2.45) is 11.8 Å². The Hall–Kier alpha value is -1.77. The number of nitrogens with one attached hydrogen (secondary N) is 1. The lowest BCUT2D eigenvalue weighted by Crippen LogP contribution is -2.45. The number of carbonyl (C=O) groups excluding carboxylic acids is 1. The molecule has 2 heterocycles. The fourth-order valence-corrected chi connectivity index (χ4v) is 4.96. The van der Waals surface area contributed by atoms with Gasteiger partial charge in [0.25, 0.3) is 0 Å². The van der Waals surface area contributed by atoms with E-state index >= 15 is 0 Å². The zero-order chi connectivity index (χ0) is 17.6. The van der Waals surface area contributed by atoms with E-state index in [1.807, 2.05) is 0 Å². The molecule has 25 heavy (non-hydrogen) atoms. The highest BCUT2D eigenvalue weighted by atomic mass is 16.2. The summed E-state index contributed by atoms with van der Waals surface area (Å²) in [5.41, 5.74) is 5.22. The Balaban J connectivity index is 1.72. The molecule has 1 atom stereocenters. The van der Waals surface area contributed by atoms with Crippen LogP contribution in [0.15, 0.2) is 18.2 Å². The van der Waals surface area contributed by atoms with Crippen LogP contribution in [0.25, 0.3) is 10.9 Å². The number of nitrogens with zero attached hydrogens (tertiary/aromatic N) is 1. The number of carbonyl (C=O) groups is 1. The van der Waals surface area contributed by atoms with Crippen molar-refractivity contribution in [3.63, 3.8) is 0 Å². The molecule has 1 saturated carbocycles. The van der Waals surface area contributed by atoms with Crippen LogP contribution in [0.5, 0.6) is 0 Å². The predicted octanol–water partition coefficient (Wildman–Crippen LogP) is 5.14. The van der Waals surface area contributed by atoms with Gasteiger partial charge in [0.2, 0.25) is 5.91 Å². The monoisotopic (exact) mass is 338 g/mol. The number of benzene rings is 1. The third-order valence-electron chi connectivity index (χ3n) is 6.20. The summed E-state index contributed by atoms with van der Waals surface area (Å²) in [6.45, 7) is 7.50. The molecule has 1 fully saturated rings. The van der Waals surface area contributed by atoms with E-state index in [1.54, 1.807) is 0 Å². The van der Waals surface area contributed by atoms with Crippen LogP contribution >= 0.6 is 0 Å². The molecule has 0 radical (unpaired) electrons. The van der Waals surface area contributed by atoms with Gasteiger partial charge in [0, 0.05) is 29.1 Å². The third kappa shape index (κ3) is 2.88. The Labute approximate surface area is 150 Å². The van der Waals surface area contributed by atoms with Gasteiger partial charge in [-0.05, 0) is 49.3 Å². The van der Waals surface area contributed by atoms with Gasteiger partial charge in [0.1, 0.15) is 0 Å². The van der Waals surface area contributed by atoms with Crippen LogP contribution in [0.2, 0.25) is 0 Å². The van der Waals surface area contributed by atoms with Crippen LogP contribution < -0.4 is 0 Å². The molecule has 0 saturated heterocycles. The first-order valence-electron chi connectivity index (χ1n) is 9.98. The van der Waals surface area contributed by atoms with Gasteiger partial charge in [-0.3, -0.25) is 4.79 Å². The molecule has 0 spiro atoms. The molecule has 134 valence electrons.